The van der Waals surface area contributed by atoms with Crippen molar-refractivity contribution in [2.45, 2.75) is 17.7 Å². The van der Waals surface area contributed by atoms with E-state index in [1.54, 1.807) is 41.2 Å². The van der Waals surface area contributed by atoms with Crippen molar-refractivity contribution < 1.29 is 18.0 Å². The number of anilines is 2. The Bertz CT molecular complexity index is 1730. The maximum absolute atomic E-state index is 13.2. The molecule has 0 atom stereocenters. The van der Waals surface area contributed by atoms with Gasteiger partial charge in [-0.25, -0.2) is 23.2 Å². The largest absolute Gasteiger partial charge is 0.366 e. The number of primary amides is 1. The van der Waals surface area contributed by atoms with Crippen molar-refractivity contribution in [2.75, 3.05) is 17.2 Å². The number of nitrogens with two attached hydrogens (primary N) is 2. The lowest BCUT2D eigenvalue weighted by Crippen LogP contribution is -2.17. The SMILES string of the molecule is C=CCNc1ncccc1C(=O)Nc1ccc2c(c1)-c1c(c(C(N)=O)nn1-c1ccc(S(N)(=O)=O)cc1)CC2. The molecule has 4 aromatic rings. The van der Waals surface area contributed by atoms with Gasteiger partial charge in [0.15, 0.2) is 5.69 Å². The number of amides is 2. The Kier molecular flexibility index (Phi) is 6.73. The molecule has 198 valence electrons. The molecule has 6 N–H and O–H groups in total. The zero-order valence-corrected chi connectivity index (χ0v) is 21.5. The first-order valence-electron chi connectivity index (χ1n) is 12.0. The van der Waals surface area contributed by atoms with Crippen molar-refractivity contribution >= 4 is 33.3 Å². The van der Waals surface area contributed by atoms with E-state index in [2.05, 4.69) is 27.3 Å². The second kappa shape index (κ2) is 10.2. The van der Waals surface area contributed by atoms with Crippen LogP contribution in [0.25, 0.3) is 16.9 Å². The molecular formula is C27H25N7O4S. The zero-order chi connectivity index (χ0) is 27.7. The van der Waals surface area contributed by atoms with E-state index in [1.807, 2.05) is 18.2 Å². The van der Waals surface area contributed by atoms with Gasteiger partial charge < -0.3 is 16.4 Å². The van der Waals surface area contributed by atoms with E-state index in [0.29, 0.717) is 53.4 Å². The van der Waals surface area contributed by atoms with Crippen LogP contribution in [0.15, 0.2) is 78.3 Å². The maximum Gasteiger partial charge on any atom is 0.269 e. The normalized spacial score (nSPS) is 12.2. The predicted molar refractivity (Wildman–Crippen MR) is 147 cm³/mol. The second-order valence-electron chi connectivity index (χ2n) is 8.89. The summed E-state index contributed by atoms with van der Waals surface area (Å²) in [5.41, 5.74) is 10.3. The van der Waals surface area contributed by atoms with Gasteiger partial charge in [0.2, 0.25) is 10.0 Å². The zero-order valence-electron chi connectivity index (χ0n) is 20.7. The summed E-state index contributed by atoms with van der Waals surface area (Å²) in [5.74, 6) is -0.590. The highest BCUT2D eigenvalue weighted by Gasteiger charge is 2.28. The van der Waals surface area contributed by atoms with E-state index in [4.69, 9.17) is 10.9 Å². The van der Waals surface area contributed by atoms with E-state index < -0.39 is 15.9 Å². The number of benzene rings is 2. The Morgan fingerprint density at radius 1 is 1.10 bits per heavy atom. The molecule has 0 saturated carbocycles. The Hall–Kier alpha value is -4.81. The van der Waals surface area contributed by atoms with Crippen molar-refractivity contribution in [1.82, 2.24) is 14.8 Å². The average Bonchev–Trinajstić information content (AvgIpc) is 3.32. The van der Waals surface area contributed by atoms with E-state index in [0.717, 1.165) is 11.1 Å². The van der Waals surface area contributed by atoms with Gasteiger partial charge in [0.1, 0.15) is 5.82 Å². The fourth-order valence-electron chi connectivity index (χ4n) is 4.57. The summed E-state index contributed by atoms with van der Waals surface area (Å²) < 4.78 is 25.0. The van der Waals surface area contributed by atoms with Crippen LogP contribution in [0, 0.1) is 0 Å². The summed E-state index contributed by atoms with van der Waals surface area (Å²) in [7, 11) is -3.88. The summed E-state index contributed by atoms with van der Waals surface area (Å²) in [4.78, 5) is 29.6. The number of carbonyl (C=O) groups excluding carboxylic acids is 2. The van der Waals surface area contributed by atoms with Crippen LogP contribution >= 0.6 is 0 Å². The number of nitrogens with zero attached hydrogens (tertiary/aromatic N) is 3. The van der Waals surface area contributed by atoms with Gasteiger partial charge in [-0.1, -0.05) is 12.1 Å². The van der Waals surface area contributed by atoms with Crippen LogP contribution in [0.1, 0.15) is 32.0 Å². The lowest BCUT2D eigenvalue weighted by Gasteiger charge is -2.20. The summed E-state index contributed by atoms with van der Waals surface area (Å²) in [6, 6.07) is 14.7. The minimum Gasteiger partial charge on any atom is -0.366 e. The molecule has 0 saturated heterocycles. The molecule has 11 nitrogen and oxygen atoms in total. The van der Waals surface area contributed by atoms with Crippen molar-refractivity contribution in [3.8, 4) is 16.9 Å². The Morgan fingerprint density at radius 3 is 2.56 bits per heavy atom. The van der Waals surface area contributed by atoms with Gasteiger partial charge in [0.25, 0.3) is 11.8 Å². The third kappa shape index (κ3) is 5.02. The first kappa shape index (κ1) is 25.8. The summed E-state index contributed by atoms with van der Waals surface area (Å²) in [5, 5.41) is 15.7. The third-order valence-corrected chi connectivity index (χ3v) is 7.29. The van der Waals surface area contributed by atoms with Gasteiger partial charge in [0, 0.05) is 29.6 Å². The number of hydrogen-bond acceptors (Lipinski definition) is 7. The highest BCUT2D eigenvalue weighted by atomic mass is 32.2. The predicted octanol–water partition coefficient (Wildman–Crippen LogP) is 2.63. The van der Waals surface area contributed by atoms with Crippen LogP contribution in [0.3, 0.4) is 0 Å². The van der Waals surface area contributed by atoms with Crippen LogP contribution < -0.4 is 21.5 Å². The van der Waals surface area contributed by atoms with Crippen LogP contribution in [0.4, 0.5) is 11.5 Å². The van der Waals surface area contributed by atoms with Gasteiger partial charge in [-0.3, -0.25) is 9.59 Å². The molecule has 2 aromatic heterocycles. The van der Waals surface area contributed by atoms with Gasteiger partial charge in [-0.2, -0.15) is 5.10 Å². The molecule has 1 aliphatic carbocycles. The molecular weight excluding hydrogens is 518 g/mol. The lowest BCUT2D eigenvalue weighted by atomic mass is 9.88. The highest BCUT2D eigenvalue weighted by molar-refractivity contribution is 7.89. The van der Waals surface area contributed by atoms with Gasteiger partial charge in [0.05, 0.1) is 21.8 Å². The standard InChI is InChI=1S/C27H25N7O4S/c1-2-13-30-26-21(4-3-14-31-26)27(36)32-17-7-5-16-6-12-20-23(25(28)35)33-34(24(20)22(16)15-17)18-8-10-19(11-9-18)39(29,37)38/h2-5,7-11,14-15H,1,6,12-13H2,(H2,28,35)(H,30,31)(H,32,36)(H2,29,37,38). The minimum absolute atomic E-state index is 0.0508. The molecule has 1 aliphatic rings. The highest BCUT2D eigenvalue weighted by Crippen LogP contribution is 2.38. The molecule has 0 aliphatic heterocycles. The minimum atomic E-state index is -3.88. The number of fused-ring (bicyclic) bond motifs is 3. The molecule has 2 aromatic carbocycles. The molecule has 0 spiro atoms. The van der Waals surface area contributed by atoms with Crippen LogP contribution in [0.5, 0.6) is 0 Å². The van der Waals surface area contributed by atoms with E-state index in [-0.39, 0.29) is 16.5 Å². The van der Waals surface area contributed by atoms with Crippen molar-refractivity contribution in [3.63, 3.8) is 0 Å². The number of sulfonamides is 1. The first-order valence-corrected chi connectivity index (χ1v) is 13.5. The van der Waals surface area contributed by atoms with E-state index >= 15 is 0 Å². The lowest BCUT2D eigenvalue weighted by molar-refractivity contribution is 0.0992. The van der Waals surface area contributed by atoms with Crippen molar-refractivity contribution in [3.05, 3.63) is 95.8 Å². The molecule has 0 unspecified atom stereocenters. The molecule has 0 fully saturated rings. The van der Waals surface area contributed by atoms with Crippen molar-refractivity contribution in [2.24, 2.45) is 10.9 Å². The Balaban J connectivity index is 1.56. The monoisotopic (exact) mass is 543 g/mol. The summed E-state index contributed by atoms with van der Waals surface area (Å²) in [6.45, 7) is 4.12. The number of carbonyl (C=O) groups is 2. The van der Waals surface area contributed by atoms with Crippen molar-refractivity contribution in [1.29, 1.82) is 0 Å². The van der Waals surface area contributed by atoms with Crippen LogP contribution in [-0.4, -0.2) is 41.5 Å². The number of hydrogen-bond donors (Lipinski definition) is 4. The second-order valence-corrected chi connectivity index (χ2v) is 10.4. The molecule has 2 heterocycles. The number of rotatable bonds is 8. The molecule has 5 rings (SSSR count). The molecule has 2 amide bonds. The van der Waals surface area contributed by atoms with Crippen LogP contribution in [-0.2, 0) is 22.9 Å². The van der Waals surface area contributed by atoms with E-state index in [1.165, 1.54) is 12.1 Å². The summed E-state index contributed by atoms with van der Waals surface area (Å²) in [6.07, 6.45) is 4.44. The molecule has 12 heteroatoms. The van der Waals surface area contributed by atoms with Gasteiger partial charge in [-0.05, 0) is 66.9 Å². The quantitative estimate of drug-likeness (QED) is 0.247. The number of nitrogens with one attached hydrogen (secondary N) is 2. The average molecular weight is 544 g/mol. The smallest absolute Gasteiger partial charge is 0.269 e. The first-order chi connectivity index (χ1) is 18.7. The number of aryl methyl sites for hydroxylation is 1. The Labute approximate surface area is 224 Å². The number of primary sulfonamides is 1. The maximum atomic E-state index is 13.2. The number of aromatic nitrogens is 3. The fraction of sp³-hybridized carbons (Fsp3) is 0.111. The van der Waals surface area contributed by atoms with E-state index in [9.17, 15) is 18.0 Å². The fourth-order valence-corrected chi connectivity index (χ4v) is 5.09. The van der Waals surface area contributed by atoms with Gasteiger partial charge >= 0.3 is 0 Å². The summed E-state index contributed by atoms with van der Waals surface area (Å²) >= 11 is 0. The van der Waals surface area contributed by atoms with Gasteiger partial charge in [-0.15, -0.1) is 6.58 Å². The topological polar surface area (TPSA) is 175 Å². The Morgan fingerprint density at radius 2 is 1.87 bits per heavy atom. The number of pyridine rings is 1. The third-order valence-electron chi connectivity index (χ3n) is 6.36. The van der Waals surface area contributed by atoms with Crippen LogP contribution in [0.2, 0.25) is 0 Å². The molecule has 0 bridgehead atoms. The molecule has 39 heavy (non-hydrogen) atoms. The molecule has 0 radical (unpaired) electrons.